The van der Waals surface area contributed by atoms with Gasteiger partial charge in [0.2, 0.25) is 0 Å². The molecule has 0 atom stereocenters. The first-order valence-electron chi connectivity index (χ1n) is 8.35. The van der Waals surface area contributed by atoms with E-state index in [-0.39, 0.29) is 5.92 Å². The Balaban J connectivity index is 1.75. The first kappa shape index (κ1) is 16.7. The number of amidine groups is 1. The summed E-state index contributed by atoms with van der Waals surface area (Å²) in [5.74, 6) is 0.673. The van der Waals surface area contributed by atoms with Gasteiger partial charge in [0, 0.05) is 17.7 Å². The van der Waals surface area contributed by atoms with Gasteiger partial charge in [0.15, 0.2) is 5.84 Å². The molecule has 3 nitrogen and oxygen atoms in total. The maximum Gasteiger partial charge on any atom is 0.153 e. The molecular weight excluding hydrogens is 306 g/mol. The number of benzene rings is 3. The normalized spacial score (nSPS) is 12.0. The van der Waals surface area contributed by atoms with Gasteiger partial charge >= 0.3 is 0 Å². The quantitative estimate of drug-likeness (QED) is 0.401. The summed E-state index contributed by atoms with van der Waals surface area (Å²) in [5.41, 5.74) is 9.38. The Labute approximate surface area is 148 Å². The number of hydrogen-bond donors (Lipinski definition) is 1. The molecule has 3 aromatic rings. The van der Waals surface area contributed by atoms with Crippen molar-refractivity contribution in [2.75, 3.05) is 0 Å². The minimum atomic E-state index is 0.249. The highest BCUT2D eigenvalue weighted by atomic mass is 15.2. The second-order valence-corrected chi connectivity index (χ2v) is 5.76. The van der Waals surface area contributed by atoms with Crippen LogP contribution in [0.5, 0.6) is 0 Å². The summed E-state index contributed by atoms with van der Waals surface area (Å²) in [7, 11) is 0. The van der Waals surface area contributed by atoms with Gasteiger partial charge in [0.05, 0.1) is 0 Å². The highest BCUT2D eigenvalue weighted by Gasteiger charge is 2.12. The highest BCUT2D eigenvalue weighted by Crippen LogP contribution is 2.26. The minimum absolute atomic E-state index is 0.249. The molecule has 0 radical (unpaired) electrons. The van der Waals surface area contributed by atoms with Crippen LogP contribution in [0, 0.1) is 0 Å². The van der Waals surface area contributed by atoms with Crippen LogP contribution in [0.3, 0.4) is 0 Å². The third-order valence-corrected chi connectivity index (χ3v) is 4.06. The number of rotatable bonds is 6. The van der Waals surface area contributed by atoms with Crippen LogP contribution in [0.2, 0.25) is 0 Å². The van der Waals surface area contributed by atoms with E-state index in [1.165, 1.54) is 11.1 Å². The van der Waals surface area contributed by atoms with Crippen molar-refractivity contribution in [3.05, 3.63) is 108 Å². The molecule has 2 N–H and O–H groups in total. The molecule has 0 aliphatic rings. The molecule has 3 rings (SSSR count). The summed E-state index contributed by atoms with van der Waals surface area (Å²) in [6, 6.07) is 30.6. The first-order valence-corrected chi connectivity index (χ1v) is 8.35. The van der Waals surface area contributed by atoms with Gasteiger partial charge in [-0.05, 0) is 17.5 Å². The summed E-state index contributed by atoms with van der Waals surface area (Å²) < 4.78 is 0. The number of nitrogens with zero attached hydrogens (tertiary/aromatic N) is 2. The minimum Gasteiger partial charge on any atom is -0.382 e. The van der Waals surface area contributed by atoms with Crippen molar-refractivity contribution in [3.63, 3.8) is 0 Å². The SMILES string of the molecule is NC(=NN=CCC(c1ccccc1)c1ccccc1)c1ccccc1. The molecule has 0 aromatic heterocycles. The topological polar surface area (TPSA) is 50.7 Å². The molecule has 0 saturated heterocycles. The van der Waals surface area contributed by atoms with E-state index in [9.17, 15) is 0 Å². The molecule has 3 heteroatoms. The Morgan fingerprint density at radius 2 is 1.24 bits per heavy atom. The van der Waals surface area contributed by atoms with Crippen LogP contribution in [0.1, 0.15) is 29.0 Å². The molecular formula is C22H21N3. The van der Waals surface area contributed by atoms with Gasteiger partial charge in [-0.1, -0.05) is 91.0 Å². The molecule has 0 aliphatic heterocycles. The molecule has 0 heterocycles. The van der Waals surface area contributed by atoms with E-state index in [1.54, 1.807) is 0 Å². The van der Waals surface area contributed by atoms with E-state index in [0.29, 0.717) is 5.84 Å². The molecule has 0 amide bonds. The van der Waals surface area contributed by atoms with Crippen molar-refractivity contribution < 1.29 is 0 Å². The zero-order valence-electron chi connectivity index (χ0n) is 14.0. The van der Waals surface area contributed by atoms with Crippen LogP contribution in [0.4, 0.5) is 0 Å². The van der Waals surface area contributed by atoms with Crippen molar-refractivity contribution in [2.45, 2.75) is 12.3 Å². The highest BCUT2D eigenvalue weighted by molar-refractivity contribution is 5.97. The largest absolute Gasteiger partial charge is 0.382 e. The van der Waals surface area contributed by atoms with E-state index in [4.69, 9.17) is 5.73 Å². The molecule has 0 spiro atoms. The van der Waals surface area contributed by atoms with Crippen LogP contribution < -0.4 is 5.73 Å². The van der Waals surface area contributed by atoms with E-state index in [1.807, 2.05) is 48.7 Å². The fraction of sp³-hybridized carbons (Fsp3) is 0.0909. The van der Waals surface area contributed by atoms with Gasteiger partial charge in [-0.15, -0.1) is 5.10 Å². The smallest absolute Gasteiger partial charge is 0.153 e. The van der Waals surface area contributed by atoms with Crippen molar-refractivity contribution in [2.24, 2.45) is 15.9 Å². The maximum atomic E-state index is 5.97. The molecule has 0 saturated carbocycles. The van der Waals surface area contributed by atoms with Gasteiger partial charge in [-0.2, -0.15) is 5.10 Å². The molecule has 0 aliphatic carbocycles. The summed E-state index contributed by atoms with van der Waals surface area (Å²) in [5, 5.41) is 8.29. The Morgan fingerprint density at radius 1 is 0.760 bits per heavy atom. The summed E-state index contributed by atoms with van der Waals surface area (Å²) in [6.45, 7) is 0. The fourth-order valence-corrected chi connectivity index (χ4v) is 2.76. The van der Waals surface area contributed by atoms with Crippen molar-refractivity contribution >= 4 is 12.1 Å². The van der Waals surface area contributed by atoms with Crippen molar-refractivity contribution in [1.82, 2.24) is 0 Å². The maximum absolute atomic E-state index is 5.97. The molecule has 0 unspecified atom stereocenters. The average Bonchev–Trinajstić information content (AvgIpc) is 2.70. The lowest BCUT2D eigenvalue weighted by molar-refractivity contribution is 0.862. The molecule has 0 bridgehead atoms. The fourth-order valence-electron chi connectivity index (χ4n) is 2.76. The molecule has 3 aromatic carbocycles. The van der Waals surface area contributed by atoms with Crippen LogP contribution in [-0.2, 0) is 0 Å². The lowest BCUT2D eigenvalue weighted by atomic mass is 9.89. The zero-order chi connectivity index (χ0) is 17.3. The Kier molecular flexibility index (Phi) is 5.73. The third-order valence-electron chi connectivity index (χ3n) is 4.06. The van der Waals surface area contributed by atoms with E-state index >= 15 is 0 Å². The van der Waals surface area contributed by atoms with Gasteiger partial charge in [0.25, 0.3) is 0 Å². The van der Waals surface area contributed by atoms with E-state index in [0.717, 1.165) is 12.0 Å². The van der Waals surface area contributed by atoms with Crippen molar-refractivity contribution in [1.29, 1.82) is 0 Å². The van der Waals surface area contributed by atoms with Crippen LogP contribution >= 0.6 is 0 Å². The second kappa shape index (κ2) is 8.60. The van der Waals surface area contributed by atoms with Gasteiger partial charge in [0.1, 0.15) is 0 Å². The standard InChI is InChI=1S/C22H21N3/c23-22(20-14-8-3-9-15-20)25-24-17-16-21(18-10-4-1-5-11-18)19-12-6-2-7-13-19/h1-15,17,21H,16H2,(H2,23,25). The number of nitrogens with two attached hydrogens (primary N) is 1. The Morgan fingerprint density at radius 3 is 1.76 bits per heavy atom. The summed E-state index contributed by atoms with van der Waals surface area (Å²) >= 11 is 0. The van der Waals surface area contributed by atoms with Gasteiger partial charge in [-0.3, -0.25) is 0 Å². The third kappa shape index (κ3) is 4.64. The molecule has 25 heavy (non-hydrogen) atoms. The average molecular weight is 327 g/mol. The Hall–Kier alpha value is -3.20. The number of hydrogen-bond acceptors (Lipinski definition) is 2. The van der Waals surface area contributed by atoms with Gasteiger partial charge < -0.3 is 5.73 Å². The van der Waals surface area contributed by atoms with E-state index in [2.05, 4.69) is 58.7 Å². The lowest BCUT2D eigenvalue weighted by Gasteiger charge is -2.15. The molecule has 0 fully saturated rings. The predicted octanol–water partition coefficient (Wildman–Crippen LogP) is 4.60. The first-order chi connectivity index (χ1) is 12.3. The molecule has 124 valence electrons. The van der Waals surface area contributed by atoms with Crippen LogP contribution in [0.15, 0.2) is 101 Å². The predicted molar refractivity (Wildman–Crippen MR) is 105 cm³/mol. The summed E-state index contributed by atoms with van der Waals surface area (Å²) in [4.78, 5) is 0. The second-order valence-electron chi connectivity index (χ2n) is 5.76. The van der Waals surface area contributed by atoms with Gasteiger partial charge in [-0.25, -0.2) is 0 Å². The van der Waals surface area contributed by atoms with Crippen molar-refractivity contribution in [3.8, 4) is 0 Å². The monoisotopic (exact) mass is 327 g/mol. The lowest BCUT2D eigenvalue weighted by Crippen LogP contribution is -2.12. The Bertz CT molecular complexity index is 785. The zero-order valence-corrected chi connectivity index (χ0v) is 14.0. The van der Waals surface area contributed by atoms with E-state index < -0.39 is 0 Å². The van der Waals surface area contributed by atoms with Crippen LogP contribution in [-0.4, -0.2) is 12.1 Å². The van der Waals surface area contributed by atoms with Crippen LogP contribution in [0.25, 0.3) is 0 Å². The summed E-state index contributed by atoms with van der Waals surface area (Å²) in [6.07, 6.45) is 2.60.